The largest absolute Gasteiger partial charge is 0.292 e. The molecule has 3 aromatic rings. The van der Waals surface area contributed by atoms with E-state index in [0.29, 0.717) is 17.9 Å². The molecule has 0 unspecified atom stereocenters. The molecule has 1 aromatic carbocycles. The van der Waals surface area contributed by atoms with E-state index in [4.69, 9.17) is 4.98 Å². The Labute approximate surface area is 144 Å². The van der Waals surface area contributed by atoms with Gasteiger partial charge in [-0.1, -0.05) is 18.2 Å². The molecule has 2 aromatic heterocycles. The van der Waals surface area contributed by atoms with E-state index < -0.39 is 0 Å². The predicted octanol–water partition coefficient (Wildman–Crippen LogP) is 3.57. The molecule has 0 fully saturated rings. The number of aryl methyl sites for hydroxylation is 3. The molecule has 0 radical (unpaired) electrons. The summed E-state index contributed by atoms with van der Waals surface area (Å²) in [6.07, 6.45) is 4.38. The lowest BCUT2D eigenvalue weighted by Gasteiger charge is -2.12. The summed E-state index contributed by atoms with van der Waals surface area (Å²) in [5.41, 5.74) is 2.71. The van der Waals surface area contributed by atoms with Crippen LogP contribution in [0.1, 0.15) is 40.2 Å². The maximum atomic E-state index is 13.1. The molecule has 0 saturated heterocycles. The van der Waals surface area contributed by atoms with Gasteiger partial charge >= 0.3 is 0 Å². The van der Waals surface area contributed by atoms with Crippen LogP contribution >= 0.6 is 11.3 Å². The van der Waals surface area contributed by atoms with Crippen molar-refractivity contribution in [3.05, 3.63) is 62.0 Å². The highest BCUT2D eigenvalue weighted by atomic mass is 32.1. The molecule has 0 atom stereocenters. The van der Waals surface area contributed by atoms with Crippen LogP contribution in [0.15, 0.2) is 29.1 Å². The number of thiophene rings is 1. The lowest BCUT2D eigenvalue weighted by molar-refractivity contribution is 0.693. The normalized spacial score (nSPS) is 13.7. The van der Waals surface area contributed by atoms with Crippen molar-refractivity contribution < 1.29 is 0 Å². The van der Waals surface area contributed by atoms with Crippen LogP contribution < -0.4 is 5.56 Å². The SMILES string of the molecule is Cc1nc2sc3c(c2c(=O)n1Cc1ccccc1C#N)CCCC3. The zero-order chi connectivity index (χ0) is 16.7. The molecule has 120 valence electrons. The maximum Gasteiger partial charge on any atom is 0.262 e. The van der Waals surface area contributed by atoms with Crippen molar-refractivity contribution in [1.82, 2.24) is 9.55 Å². The molecule has 5 heteroatoms. The number of rotatable bonds is 2. The molecule has 1 aliphatic rings. The summed E-state index contributed by atoms with van der Waals surface area (Å²) in [7, 11) is 0. The van der Waals surface area contributed by atoms with Gasteiger partial charge in [-0.3, -0.25) is 9.36 Å². The van der Waals surface area contributed by atoms with Crippen LogP contribution in [0.4, 0.5) is 0 Å². The molecule has 0 amide bonds. The van der Waals surface area contributed by atoms with Crippen LogP contribution in [0.2, 0.25) is 0 Å². The fourth-order valence-corrected chi connectivity index (χ4v) is 4.76. The number of nitrogens with zero attached hydrogens (tertiary/aromatic N) is 3. The van der Waals surface area contributed by atoms with Crippen LogP contribution in [-0.2, 0) is 19.4 Å². The van der Waals surface area contributed by atoms with Crippen molar-refractivity contribution in [1.29, 1.82) is 5.26 Å². The molecule has 0 N–H and O–H groups in total. The van der Waals surface area contributed by atoms with Gasteiger partial charge in [0.1, 0.15) is 10.7 Å². The summed E-state index contributed by atoms with van der Waals surface area (Å²) < 4.78 is 1.71. The molecule has 0 spiro atoms. The first-order valence-electron chi connectivity index (χ1n) is 8.18. The van der Waals surface area contributed by atoms with Crippen molar-refractivity contribution in [2.24, 2.45) is 0 Å². The highest BCUT2D eigenvalue weighted by Gasteiger charge is 2.21. The molecular formula is C19H17N3OS. The van der Waals surface area contributed by atoms with Gasteiger partial charge in [0.15, 0.2) is 0 Å². The third-order valence-electron chi connectivity index (χ3n) is 4.73. The second-order valence-electron chi connectivity index (χ2n) is 6.21. The highest BCUT2D eigenvalue weighted by molar-refractivity contribution is 7.18. The Balaban J connectivity index is 1.90. The van der Waals surface area contributed by atoms with E-state index in [0.717, 1.165) is 35.0 Å². The minimum Gasteiger partial charge on any atom is -0.292 e. The first-order valence-corrected chi connectivity index (χ1v) is 9.00. The molecular weight excluding hydrogens is 318 g/mol. The Morgan fingerprint density at radius 1 is 1.29 bits per heavy atom. The number of hydrogen-bond donors (Lipinski definition) is 0. The summed E-state index contributed by atoms with van der Waals surface area (Å²) in [6.45, 7) is 2.26. The van der Waals surface area contributed by atoms with E-state index in [1.807, 2.05) is 25.1 Å². The molecule has 0 bridgehead atoms. The van der Waals surface area contributed by atoms with Crippen LogP contribution in [0.3, 0.4) is 0 Å². The molecule has 4 rings (SSSR count). The molecule has 24 heavy (non-hydrogen) atoms. The van der Waals surface area contributed by atoms with E-state index in [-0.39, 0.29) is 5.56 Å². The number of fused-ring (bicyclic) bond motifs is 3. The van der Waals surface area contributed by atoms with Gasteiger partial charge in [0.25, 0.3) is 5.56 Å². The van der Waals surface area contributed by atoms with Gasteiger partial charge in [-0.2, -0.15) is 5.26 Å². The average molecular weight is 335 g/mol. The Kier molecular flexibility index (Phi) is 3.70. The van der Waals surface area contributed by atoms with Gasteiger partial charge in [0, 0.05) is 4.88 Å². The summed E-state index contributed by atoms with van der Waals surface area (Å²) >= 11 is 1.67. The summed E-state index contributed by atoms with van der Waals surface area (Å²) in [4.78, 5) is 20.0. The van der Waals surface area contributed by atoms with Crippen LogP contribution in [0.25, 0.3) is 10.2 Å². The van der Waals surface area contributed by atoms with Crippen LogP contribution in [0.5, 0.6) is 0 Å². The van der Waals surface area contributed by atoms with E-state index in [1.54, 1.807) is 22.0 Å². The number of aromatic nitrogens is 2. The Morgan fingerprint density at radius 3 is 2.92 bits per heavy atom. The molecule has 1 aliphatic carbocycles. The molecule has 0 saturated carbocycles. The second-order valence-corrected chi connectivity index (χ2v) is 7.29. The standard InChI is InChI=1S/C19H17N3OS/c1-12-21-18-17(15-8-4-5-9-16(15)24-18)19(23)22(12)11-14-7-3-2-6-13(14)10-20/h2-3,6-7H,4-5,8-9,11H2,1H3. The van der Waals surface area contributed by atoms with Crippen LogP contribution in [0, 0.1) is 18.3 Å². The zero-order valence-corrected chi connectivity index (χ0v) is 14.3. The molecule has 0 aliphatic heterocycles. The fraction of sp³-hybridized carbons (Fsp3) is 0.316. The van der Waals surface area contributed by atoms with Crippen molar-refractivity contribution >= 4 is 21.6 Å². The topological polar surface area (TPSA) is 58.7 Å². The van der Waals surface area contributed by atoms with Crippen molar-refractivity contribution in [3.8, 4) is 6.07 Å². The monoisotopic (exact) mass is 335 g/mol. The van der Waals surface area contributed by atoms with E-state index in [2.05, 4.69) is 6.07 Å². The van der Waals surface area contributed by atoms with Gasteiger partial charge in [0.05, 0.1) is 23.6 Å². The first-order chi connectivity index (χ1) is 11.7. The van der Waals surface area contributed by atoms with Crippen molar-refractivity contribution in [3.63, 3.8) is 0 Å². The molecule has 2 heterocycles. The van der Waals surface area contributed by atoms with E-state index in [1.165, 1.54) is 16.9 Å². The van der Waals surface area contributed by atoms with E-state index in [9.17, 15) is 10.1 Å². The Hall–Kier alpha value is -2.45. The second kappa shape index (κ2) is 5.88. The van der Waals surface area contributed by atoms with Gasteiger partial charge in [-0.15, -0.1) is 11.3 Å². The highest BCUT2D eigenvalue weighted by Crippen LogP contribution is 2.33. The number of hydrogen-bond acceptors (Lipinski definition) is 4. The fourth-order valence-electron chi connectivity index (χ4n) is 3.46. The van der Waals surface area contributed by atoms with Crippen molar-refractivity contribution in [2.75, 3.05) is 0 Å². The van der Waals surface area contributed by atoms with Gasteiger partial charge in [-0.25, -0.2) is 4.98 Å². The summed E-state index contributed by atoms with van der Waals surface area (Å²) in [5.74, 6) is 0.707. The Morgan fingerprint density at radius 2 is 2.08 bits per heavy atom. The number of nitriles is 1. The number of benzene rings is 1. The van der Waals surface area contributed by atoms with E-state index >= 15 is 0 Å². The maximum absolute atomic E-state index is 13.1. The first kappa shape index (κ1) is 15.1. The van der Waals surface area contributed by atoms with Gasteiger partial charge < -0.3 is 0 Å². The average Bonchev–Trinajstić information content (AvgIpc) is 2.97. The lowest BCUT2D eigenvalue weighted by atomic mass is 9.97. The third-order valence-corrected chi connectivity index (χ3v) is 5.92. The van der Waals surface area contributed by atoms with Gasteiger partial charge in [0.2, 0.25) is 0 Å². The minimum absolute atomic E-state index is 0.0321. The molecule has 4 nitrogen and oxygen atoms in total. The summed E-state index contributed by atoms with van der Waals surface area (Å²) in [6, 6.07) is 9.63. The predicted molar refractivity (Wildman–Crippen MR) is 95.5 cm³/mol. The van der Waals surface area contributed by atoms with Crippen LogP contribution in [-0.4, -0.2) is 9.55 Å². The Bertz CT molecular complexity index is 1040. The zero-order valence-electron chi connectivity index (χ0n) is 13.5. The summed E-state index contributed by atoms with van der Waals surface area (Å²) in [5, 5.41) is 10.1. The van der Waals surface area contributed by atoms with Gasteiger partial charge in [-0.05, 0) is 49.8 Å². The van der Waals surface area contributed by atoms with Crippen molar-refractivity contribution in [2.45, 2.75) is 39.2 Å². The smallest absolute Gasteiger partial charge is 0.262 e. The minimum atomic E-state index is 0.0321. The third kappa shape index (κ3) is 2.35. The lowest BCUT2D eigenvalue weighted by Crippen LogP contribution is -2.25. The quantitative estimate of drug-likeness (QED) is 0.719.